The van der Waals surface area contributed by atoms with E-state index in [2.05, 4.69) is 20.9 Å². The fourth-order valence-corrected chi connectivity index (χ4v) is 2.24. The molecule has 1 aromatic carbocycles. The van der Waals surface area contributed by atoms with Crippen molar-refractivity contribution >= 4 is 27.7 Å². The molecule has 0 radical (unpaired) electrons. The van der Waals surface area contributed by atoms with Crippen molar-refractivity contribution in [2.75, 3.05) is 5.32 Å². The van der Waals surface area contributed by atoms with E-state index in [-0.39, 0.29) is 5.56 Å². The number of amides is 1. The Morgan fingerprint density at radius 1 is 0.923 bits per heavy atom. The van der Waals surface area contributed by atoms with Crippen LogP contribution in [0.3, 0.4) is 0 Å². The molecule has 0 fully saturated rings. The van der Waals surface area contributed by atoms with E-state index in [0.717, 1.165) is 29.7 Å². The molecule has 1 heterocycles. The van der Waals surface area contributed by atoms with Gasteiger partial charge in [-0.1, -0.05) is 18.2 Å². The van der Waals surface area contributed by atoms with Crippen molar-refractivity contribution in [3.63, 3.8) is 0 Å². The zero-order valence-corrected chi connectivity index (χ0v) is 14.3. The van der Waals surface area contributed by atoms with Gasteiger partial charge in [0.1, 0.15) is 6.20 Å². The topological polar surface area (TPSA) is 55.3 Å². The van der Waals surface area contributed by atoms with E-state index in [1.54, 1.807) is 0 Å². The summed E-state index contributed by atoms with van der Waals surface area (Å²) in [5.74, 6) is -2.14. The summed E-state index contributed by atoms with van der Waals surface area (Å²) >= 11 is 3.00. The van der Waals surface area contributed by atoms with Crippen LogP contribution in [0.1, 0.15) is 10.4 Å². The molecule has 0 aliphatic rings. The molecule has 0 atom stereocenters. The second kappa shape index (κ2) is 7.14. The third kappa shape index (κ3) is 4.09. The molecule has 0 aliphatic heterocycles. The van der Waals surface area contributed by atoms with Gasteiger partial charge in [0, 0.05) is 11.6 Å². The van der Waals surface area contributed by atoms with Crippen molar-refractivity contribution in [3.8, 4) is 0 Å². The number of hydrogen-bond acceptors (Lipinski definition) is 2. The first-order valence-corrected chi connectivity index (χ1v) is 7.72. The summed E-state index contributed by atoms with van der Waals surface area (Å²) in [6.45, 7) is 0. The zero-order valence-electron chi connectivity index (χ0n) is 12.7. The van der Waals surface area contributed by atoms with Gasteiger partial charge < -0.3 is 0 Å². The quantitative estimate of drug-likeness (QED) is 0.556. The molecule has 2 rings (SSSR count). The van der Waals surface area contributed by atoms with E-state index in [9.17, 15) is 31.1 Å². The molecular weight excluding hydrogens is 432 g/mol. The predicted molar refractivity (Wildman–Crippen MR) is 83.1 cm³/mol. The molecule has 0 saturated carbocycles. The third-order valence-corrected chi connectivity index (χ3v) is 3.78. The average molecular weight is 443 g/mol. The summed E-state index contributed by atoms with van der Waals surface area (Å²) in [5, 5.41) is 2.40. The van der Waals surface area contributed by atoms with Crippen LogP contribution < -0.4 is 15.6 Å². The Bertz CT molecular complexity index is 748. The van der Waals surface area contributed by atoms with Crippen LogP contribution in [-0.2, 0) is 0 Å². The number of nitrogens with one attached hydrogen (secondary N) is 3. The SMILES string of the molecule is O=C(NC(Nc1ccc(Br)c[nH+]1)(C(F)(F)F)C(F)(F)F)c1ccccc1. The van der Waals surface area contributed by atoms with Crippen molar-refractivity contribution in [1.82, 2.24) is 5.32 Å². The summed E-state index contributed by atoms with van der Waals surface area (Å²) in [4.78, 5) is 14.3. The fraction of sp³-hybridized carbons (Fsp3) is 0.200. The molecule has 140 valence electrons. The van der Waals surface area contributed by atoms with Gasteiger partial charge in [-0.05, 0) is 34.1 Å². The van der Waals surface area contributed by atoms with Crippen LogP contribution in [0.2, 0.25) is 0 Å². The highest BCUT2D eigenvalue weighted by molar-refractivity contribution is 9.10. The van der Waals surface area contributed by atoms with Crippen LogP contribution >= 0.6 is 15.9 Å². The monoisotopic (exact) mass is 442 g/mol. The molecule has 11 heteroatoms. The molecule has 0 saturated heterocycles. The summed E-state index contributed by atoms with van der Waals surface area (Å²) in [5.41, 5.74) is -5.05. The summed E-state index contributed by atoms with van der Waals surface area (Å²) in [7, 11) is 0. The van der Waals surface area contributed by atoms with Gasteiger partial charge in [-0.3, -0.25) is 10.1 Å². The van der Waals surface area contributed by atoms with Crippen LogP contribution in [0.15, 0.2) is 53.1 Å². The summed E-state index contributed by atoms with van der Waals surface area (Å²) in [6, 6.07) is 8.48. The molecular formula is C15H11BrF6N3O+. The first-order valence-electron chi connectivity index (χ1n) is 6.93. The van der Waals surface area contributed by atoms with E-state index in [1.165, 1.54) is 29.6 Å². The van der Waals surface area contributed by atoms with E-state index < -0.39 is 29.7 Å². The molecule has 1 aromatic heterocycles. The van der Waals surface area contributed by atoms with E-state index in [1.807, 2.05) is 0 Å². The number of carbonyl (C=O) groups excluding carboxylic acids is 1. The average Bonchev–Trinajstić information content (AvgIpc) is 2.54. The number of halogens is 7. The van der Waals surface area contributed by atoms with E-state index in [4.69, 9.17) is 0 Å². The maximum atomic E-state index is 13.5. The largest absolute Gasteiger partial charge is 0.462 e. The van der Waals surface area contributed by atoms with Crippen LogP contribution in [0, 0.1) is 0 Å². The lowest BCUT2D eigenvalue weighted by Gasteiger charge is -2.34. The van der Waals surface area contributed by atoms with Crippen LogP contribution in [-0.4, -0.2) is 23.9 Å². The lowest BCUT2D eigenvalue weighted by atomic mass is 10.1. The minimum Gasteiger partial charge on any atom is -0.296 e. The van der Waals surface area contributed by atoms with Gasteiger partial charge >= 0.3 is 18.0 Å². The highest BCUT2D eigenvalue weighted by atomic mass is 79.9. The molecule has 3 N–H and O–H groups in total. The predicted octanol–water partition coefficient (Wildman–Crippen LogP) is 3.93. The van der Waals surface area contributed by atoms with Gasteiger partial charge in [-0.25, -0.2) is 10.3 Å². The molecule has 2 aromatic rings. The van der Waals surface area contributed by atoms with Gasteiger partial charge in [0.05, 0.1) is 4.47 Å². The van der Waals surface area contributed by atoms with Crippen molar-refractivity contribution in [1.29, 1.82) is 0 Å². The number of anilines is 1. The van der Waals surface area contributed by atoms with Gasteiger partial charge in [0.25, 0.3) is 11.7 Å². The first-order chi connectivity index (χ1) is 12.0. The summed E-state index contributed by atoms with van der Waals surface area (Å²) in [6.07, 6.45) is -10.6. The number of rotatable bonds is 4. The van der Waals surface area contributed by atoms with Crippen LogP contribution in [0.5, 0.6) is 0 Å². The normalized spacial score (nSPS) is 12.6. The molecule has 0 bridgehead atoms. The molecule has 0 unspecified atom stereocenters. The second-order valence-corrected chi connectivity index (χ2v) is 6.03. The number of carbonyl (C=O) groups is 1. The Morgan fingerprint density at radius 3 is 1.96 bits per heavy atom. The number of benzene rings is 1. The number of aromatic nitrogens is 1. The Labute approximate surface area is 151 Å². The Kier molecular flexibility index (Phi) is 5.49. The smallest absolute Gasteiger partial charge is 0.296 e. The number of aromatic amines is 1. The standard InChI is InChI=1S/C15H10BrF6N3O/c16-10-6-7-11(23-8-10)24-13(14(17,18)19,15(20,21)22)25-12(26)9-4-2-1-3-5-9/h1-8H,(H,23,24)(H,25,26)/p+1. The molecule has 1 amide bonds. The minimum atomic E-state index is -5.89. The summed E-state index contributed by atoms with van der Waals surface area (Å²) < 4.78 is 81.4. The lowest BCUT2D eigenvalue weighted by molar-refractivity contribution is -0.368. The van der Waals surface area contributed by atoms with Gasteiger partial charge in [0.2, 0.25) is 0 Å². The van der Waals surface area contributed by atoms with Crippen molar-refractivity contribution in [2.24, 2.45) is 0 Å². The van der Waals surface area contributed by atoms with Crippen molar-refractivity contribution in [3.05, 3.63) is 58.7 Å². The van der Waals surface area contributed by atoms with Gasteiger partial charge in [0.15, 0.2) is 0 Å². The lowest BCUT2D eigenvalue weighted by Crippen LogP contribution is -2.72. The van der Waals surface area contributed by atoms with Gasteiger partial charge in [-0.2, -0.15) is 26.3 Å². The highest BCUT2D eigenvalue weighted by Gasteiger charge is 2.76. The van der Waals surface area contributed by atoms with Crippen LogP contribution in [0.4, 0.5) is 32.2 Å². The molecule has 26 heavy (non-hydrogen) atoms. The number of hydrogen-bond donors (Lipinski definition) is 2. The zero-order chi connectivity index (χ0) is 19.6. The maximum absolute atomic E-state index is 13.5. The Hall–Kier alpha value is -2.30. The number of pyridine rings is 1. The van der Waals surface area contributed by atoms with E-state index in [0.29, 0.717) is 4.47 Å². The first kappa shape index (κ1) is 20.0. The van der Waals surface area contributed by atoms with Crippen molar-refractivity contribution in [2.45, 2.75) is 18.0 Å². The number of alkyl halides is 6. The van der Waals surface area contributed by atoms with E-state index >= 15 is 0 Å². The highest BCUT2D eigenvalue weighted by Crippen LogP contribution is 2.43. The Balaban J connectivity index is 2.49. The van der Waals surface area contributed by atoms with Crippen LogP contribution in [0.25, 0.3) is 0 Å². The van der Waals surface area contributed by atoms with Crippen molar-refractivity contribution < 1.29 is 36.1 Å². The maximum Gasteiger partial charge on any atom is 0.462 e. The molecule has 4 nitrogen and oxygen atoms in total. The third-order valence-electron chi connectivity index (χ3n) is 3.28. The fourth-order valence-electron chi connectivity index (χ4n) is 1.99. The Morgan fingerprint density at radius 2 is 1.50 bits per heavy atom. The molecule has 0 spiro atoms. The van der Waals surface area contributed by atoms with Gasteiger partial charge in [-0.15, -0.1) is 0 Å². The molecule has 0 aliphatic carbocycles. The second-order valence-electron chi connectivity index (χ2n) is 5.11. The number of H-pyrrole nitrogens is 1. The minimum absolute atomic E-state index is 0.355.